The number of rotatable bonds is 4. The van der Waals surface area contributed by atoms with Crippen LogP contribution in [0, 0.1) is 11.3 Å². The molecule has 2 aliphatic heterocycles. The molecule has 31 heavy (non-hydrogen) atoms. The van der Waals surface area contributed by atoms with E-state index in [1.165, 1.54) is 0 Å². The summed E-state index contributed by atoms with van der Waals surface area (Å²) in [6.07, 6.45) is 11.2. The zero-order valence-corrected chi connectivity index (χ0v) is 18.8. The largest absolute Gasteiger partial charge is 0.487 e. The van der Waals surface area contributed by atoms with Gasteiger partial charge in [-0.2, -0.15) is 5.26 Å². The Morgan fingerprint density at radius 2 is 1.71 bits per heavy atom. The molecular weight excluding hydrogens is 394 g/mol. The van der Waals surface area contributed by atoms with Crippen molar-refractivity contribution in [1.29, 1.82) is 5.26 Å². The predicted molar refractivity (Wildman–Crippen MR) is 115 cm³/mol. The number of ether oxygens (including phenoxy) is 3. The average Bonchev–Trinajstić information content (AvgIpc) is 3.00. The third-order valence-corrected chi connectivity index (χ3v) is 6.50. The molecule has 168 valence electrons. The first-order valence-electron chi connectivity index (χ1n) is 11.5. The highest BCUT2D eigenvalue weighted by Crippen LogP contribution is 2.39. The zero-order chi connectivity index (χ0) is 22.0. The Morgan fingerprint density at radius 3 is 2.32 bits per heavy atom. The van der Waals surface area contributed by atoms with E-state index in [-0.39, 0.29) is 36.5 Å². The second-order valence-electron chi connectivity index (χ2n) is 10.0. The minimum atomic E-state index is -0.464. The van der Waals surface area contributed by atoms with Crippen LogP contribution in [0.5, 0.6) is 5.75 Å². The normalized spacial score (nSPS) is 30.5. The Balaban J connectivity index is 1.25. The van der Waals surface area contributed by atoms with Crippen LogP contribution in [0.3, 0.4) is 0 Å². The second-order valence-corrected chi connectivity index (χ2v) is 10.0. The monoisotopic (exact) mass is 427 g/mol. The van der Waals surface area contributed by atoms with Crippen LogP contribution < -0.4 is 4.74 Å². The molecule has 0 spiro atoms. The molecule has 4 rings (SSSR count). The Labute approximate surface area is 184 Å². The van der Waals surface area contributed by atoms with Crippen molar-refractivity contribution in [2.24, 2.45) is 0 Å². The number of amides is 1. The number of carbonyl (C=O) groups is 1. The van der Waals surface area contributed by atoms with E-state index >= 15 is 0 Å². The van der Waals surface area contributed by atoms with Gasteiger partial charge in [0.15, 0.2) is 5.75 Å². The molecule has 7 nitrogen and oxygen atoms in total. The summed E-state index contributed by atoms with van der Waals surface area (Å²) in [5.74, 6) is 0.570. The Morgan fingerprint density at radius 1 is 1.06 bits per heavy atom. The topological polar surface area (TPSA) is 84.7 Å². The second kappa shape index (κ2) is 9.04. The van der Waals surface area contributed by atoms with Gasteiger partial charge in [0, 0.05) is 18.3 Å². The molecule has 0 aromatic carbocycles. The molecule has 3 fully saturated rings. The van der Waals surface area contributed by atoms with Crippen molar-refractivity contribution in [2.75, 3.05) is 0 Å². The van der Waals surface area contributed by atoms with Gasteiger partial charge in [-0.05, 0) is 78.2 Å². The molecule has 1 amide bonds. The lowest BCUT2D eigenvalue weighted by Crippen LogP contribution is -2.50. The molecule has 0 N–H and O–H groups in total. The number of nitriles is 1. The van der Waals surface area contributed by atoms with Crippen LogP contribution >= 0.6 is 0 Å². The molecule has 1 saturated carbocycles. The molecular formula is C24H33N3O4. The van der Waals surface area contributed by atoms with Crippen molar-refractivity contribution in [3.63, 3.8) is 0 Å². The van der Waals surface area contributed by atoms with Crippen molar-refractivity contribution >= 4 is 6.09 Å². The quantitative estimate of drug-likeness (QED) is 0.699. The highest BCUT2D eigenvalue weighted by molar-refractivity contribution is 5.69. The summed E-state index contributed by atoms with van der Waals surface area (Å²) in [4.78, 5) is 18.7. The first-order chi connectivity index (χ1) is 14.8. The van der Waals surface area contributed by atoms with Crippen LogP contribution in [0.1, 0.15) is 77.7 Å². The van der Waals surface area contributed by atoms with Crippen LogP contribution in [0.25, 0.3) is 0 Å². The molecule has 2 unspecified atom stereocenters. The van der Waals surface area contributed by atoms with Crippen LogP contribution in [-0.2, 0) is 9.47 Å². The Hall–Kier alpha value is -2.33. The Kier molecular flexibility index (Phi) is 6.38. The molecule has 2 bridgehead atoms. The summed E-state index contributed by atoms with van der Waals surface area (Å²) >= 11 is 0. The van der Waals surface area contributed by atoms with Gasteiger partial charge in [0.2, 0.25) is 0 Å². The lowest BCUT2D eigenvalue weighted by molar-refractivity contribution is -0.0813. The summed E-state index contributed by atoms with van der Waals surface area (Å²) in [6.45, 7) is 5.74. The number of fused-ring (bicyclic) bond motifs is 2. The molecule has 2 atom stereocenters. The number of piperidine rings is 1. The van der Waals surface area contributed by atoms with Gasteiger partial charge in [0.1, 0.15) is 11.7 Å². The maximum atomic E-state index is 12.6. The number of nitrogens with zero attached hydrogens (tertiary/aromatic N) is 3. The third kappa shape index (κ3) is 5.30. The molecule has 0 radical (unpaired) electrons. The van der Waals surface area contributed by atoms with Crippen LogP contribution in [0.4, 0.5) is 4.79 Å². The van der Waals surface area contributed by atoms with Crippen molar-refractivity contribution < 1.29 is 19.0 Å². The minimum Gasteiger partial charge on any atom is -0.487 e. The molecule has 1 aromatic heterocycles. The van der Waals surface area contributed by atoms with E-state index in [1.54, 1.807) is 18.5 Å². The van der Waals surface area contributed by atoms with E-state index < -0.39 is 5.60 Å². The fourth-order valence-corrected chi connectivity index (χ4v) is 5.16. The third-order valence-electron chi connectivity index (χ3n) is 6.50. The molecule has 7 heteroatoms. The van der Waals surface area contributed by atoms with E-state index in [0.717, 1.165) is 51.4 Å². The SMILES string of the molecule is CC(C)(C)OC(=O)N1C2CCC1CC(OC1CCC(Oc3cnccc3C#N)CC1)C2. The molecule has 2 saturated heterocycles. The van der Waals surface area contributed by atoms with Gasteiger partial charge in [-0.3, -0.25) is 4.98 Å². The van der Waals surface area contributed by atoms with Gasteiger partial charge in [-0.25, -0.2) is 4.79 Å². The predicted octanol–water partition coefficient (Wildman–Crippen LogP) is 4.59. The number of hydrogen-bond acceptors (Lipinski definition) is 6. The summed E-state index contributed by atoms with van der Waals surface area (Å²) < 4.78 is 18.2. The fourth-order valence-electron chi connectivity index (χ4n) is 5.16. The van der Waals surface area contributed by atoms with Gasteiger partial charge in [-0.15, -0.1) is 0 Å². The van der Waals surface area contributed by atoms with Crippen molar-refractivity contribution in [3.05, 3.63) is 24.0 Å². The maximum Gasteiger partial charge on any atom is 0.410 e. The molecule has 3 aliphatic rings. The van der Waals surface area contributed by atoms with Gasteiger partial charge in [-0.1, -0.05) is 0 Å². The number of pyridine rings is 1. The summed E-state index contributed by atoms with van der Waals surface area (Å²) in [5.41, 5.74) is 0.0644. The first kappa shape index (κ1) is 21.9. The highest BCUT2D eigenvalue weighted by Gasteiger charge is 2.45. The minimum absolute atomic E-state index is 0.0985. The van der Waals surface area contributed by atoms with Crippen molar-refractivity contribution in [1.82, 2.24) is 9.88 Å². The first-order valence-corrected chi connectivity index (χ1v) is 11.5. The van der Waals surface area contributed by atoms with Crippen molar-refractivity contribution in [2.45, 2.75) is 108 Å². The molecule has 1 aromatic rings. The summed E-state index contributed by atoms with van der Waals surface area (Å²) in [6, 6.07) is 4.30. The lowest BCUT2D eigenvalue weighted by atomic mass is 9.93. The van der Waals surface area contributed by atoms with E-state index in [2.05, 4.69) is 11.1 Å². The standard InChI is InChI=1S/C24H33N3O4/c1-24(2,3)31-23(28)27-17-4-5-18(27)13-21(12-17)29-19-6-8-20(9-7-19)30-22-15-26-11-10-16(22)14-25/h10-11,15,17-21H,4-9,12-13H2,1-3H3. The zero-order valence-electron chi connectivity index (χ0n) is 18.8. The summed E-state index contributed by atoms with van der Waals surface area (Å²) in [7, 11) is 0. The fraction of sp³-hybridized carbons (Fsp3) is 0.708. The van der Waals surface area contributed by atoms with Gasteiger partial charge >= 0.3 is 6.09 Å². The van der Waals surface area contributed by atoms with E-state index in [4.69, 9.17) is 14.2 Å². The average molecular weight is 428 g/mol. The molecule has 3 heterocycles. The highest BCUT2D eigenvalue weighted by atomic mass is 16.6. The van der Waals surface area contributed by atoms with Crippen LogP contribution in [-0.4, -0.2) is 52.0 Å². The van der Waals surface area contributed by atoms with Gasteiger partial charge in [0.25, 0.3) is 0 Å². The van der Waals surface area contributed by atoms with Gasteiger partial charge < -0.3 is 19.1 Å². The number of hydrogen-bond donors (Lipinski definition) is 0. The number of aromatic nitrogens is 1. The van der Waals surface area contributed by atoms with Gasteiger partial charge in [0.05, 0.1) is 30.1 Å². The maximum absolute atomic E-state index is 12.6. The van der Waals surface area contributed by atoms with E-state index in [9.17, 15) is 10.1 Å². The molecule has 1 aliphatic carbocycles. The van der Waals surface area contributed by atoms with Crippen molar-refractivity contribution in [3.8, 4) is 11.8 Å². The smallest absolute Gasteiger partial charge is 0.410 e. The van der Waals surface area contributed by atoms with Crippen LogP contribution in [0.2, 0.25) is 0 Å². The number of carbonyl (C=O) groups excluding carboxylic acids is 1. The Bertz CT molecular complexity index is 809. The van der Waals surface area contributed by atoms with E-state index in [0.29, 0.717) is 11.3 Å². The van der Waals surface area contributed by atoms with E-state index in [1.807, 2.05) is 25.7 Å². The summed E-state index contributed by atoms with van der Waals surface area (Å²) in [5, 5.41) is 9.22. The lowest BCUT2D eigenvalue weighted by Gasteiger charge is -2.41. The van der Waals surface area contributed by atoms with Crippen LogP contribution in [0.15, 0.2) is 18.5 Å².